The van der Waals surface area contributed by atoms with Crippen LogP contribution in [0.4, 0.5) is 0 Å². The second-order valence-electron chi connectivity index (χ2n) is 44.4. The van der Waals surface area contributed by atoms with Crippen molar-refractivity contribution in [2.75, 3.05) is 0 Å². The van der Waals surface area contributed by atoms with Gasteiger partial charge < -0.3 is 23.7 Å². The number of hydrogen-bond acceptors (Lipinski definition) is 10. The summed E-state index contributed by atoms with van der Waals surface area (Å²) >= 11 is 0. The quantitative estimate of drug-likeness (QED) is 0.0910. The van der Waals surface area contributed by atoms with E-state index in [1.54, 1.807) is 0 Å². The van der Waals surface area contributed by atoms with E-state index in [9.17, 15) is 24.0 Å². The summed E-state index contributed by atoms with van der Waals surface area (Å²) in [6, 6.07) is 0. The maximum absolute atomic E-state index is 12.9. The molecule has 20 fully saturated rings. The van der Waals surface area contributed by atoms with Crippen molar-refractivity contribution >= 4 is 29.8 Å². The Morgan fingerprint density at radius 1 is 0.298 bits per heavy atom. The third kappa shape index (κ3) is 15.0. The zero-order chi connectivity index (χ0) is 76.3. The molecule has 10 heteroatoms. The zero-order valence-electron chi connectivity index (χ0n) is 71.4. The monoisotopic (exact) mass is 1450 g/mol. The molecule has 20 rings (SSSR count). The first kappa shape index (κ1) is 82.3. The van der Waals surface area contributed by atoms with Crippen LogP contribution in [0.25, 0.3) is 0 Å². The predicted octanol–water partition coefficient (Wildman–Crippen LogP) is 24.0. The Morgan fingerprint density at radius 3 is 0.788 bits per heavy atom. The standard InChI is InChI=1S/2C20H34O2.C19H32O2.C18H30O2.C17H28O2/c1-7-19(5,6)17(21)22-20(18(2,3)4)15-9-13-8-14(11-15)12-16(20)10-13;1-6-13(3)20(22-18(21)19(4,5)7-2)16-9-14-8-15(11-16)12-17(20)10-14;1-6-18(4,5)17(20)21-19(12(2)3)15-8-13-7-14(10-15)11-16(19)9-13;1-5-17(3,4)16(19)20-18(6-2)14-8-12-7-13(10-14)11-15(18)9-12;1-5-16(2,3)15(18)19-17(4)13-7-11-6-12(9-13)10-14(17)8-11/h13-16H,7-12H2,1-6H3;13-17H,6-12H2,1-5H3;12-16H,6-11H2,1-5H3;12-15H,5-11H2,1-4H3;11-14H,5-10H2,1-4H3. The topological polar surface area (TPSA) is 132 Å². The molecule has 20 bridgehead atoms. The second-order valence-corrected chi connectivity index (χ2v) is 44.4. The van der Waals surface area contributed by atoms with Crippen LogP contribution >= 0.6 is 0 Å². The van der Waals surface area contributed by atoms with Crippen LogP contribution in [-0.2, 0) is 47.7 Å². The molecule has 0 aliphatic heterocycles. The minimum atomic E-state index is -0.368. The van der Waals surface area contributed by atoms with E-state index >= 15 is 0 Å². The van der Waals surface area contributed by atoms with Gasteiger partial charge in [0.15, 0.2) is 0 Å². The average molecular weight is 1450 g/mol. The molecule has 0 radical (unpaired) electrons. The molecule has 0 aromatic rings. The van der Waals surface area contributed by atoms with E-state index < -0.39 is 0 Å². The highest BCUT2D eigenvalue weighted by Gasteiger charge is 2.67. The van der Waals surface area contributed by atoms with Crippen molar-refractivity contribution in [2.45, 2.75) is 400 Å². The van der Waals surface area contributed by atoms with E-state index in [1.165, 1.54) is 161 Å². The molecule has 0 heterocycles. The number of rotatable bonds is 19. The van der Waals surface area contributed by atoms with E-state index in [2.05, 4.69) is 96.9 Å². The molecule has 20 saturated carbocycles. The lowest BCUT2D eigenvalue weighted by Gasteiger charge is -2.64. The molecule has 1 unspecified atom stereocenters. The van der Waals surface area contributed by atoms with Crippen LogP contribution in [0.15, 0.2) is 0 Å². The first-order valence-corrected chi connectivity index (χ1v) is 44.6. The van der Waals surface area contributed by atoms with Crippen molar-refractivity contribution in [1.82, 2.24) is 0 Å². The second kappa shape index (κ2) is 30.1. The van der Waals surface area contributed by atoms with Gasteiger partial charge in [-0.3, -0.25) is 24.0 Å². The number of esters is 5. The third-order valence-electron chi connectivity index (χ3n) is 35.0. The van der Waals surface area contributed by atoms with Gasteiger partial charge in [-0.2, -0.15) is 0 Å². The van der Waals surface area contributed by atoms with Gasteiger partial charge in [0.25, 0.3) is 0 Å². The summed E-state index contributed by atoms with van der Waals surface area (Å²) in [6.45, 7) is 51.1. The van der Waals surface area contributed by atoms with Crippen molar-refractivity contribution in [2.24, 2.45) is 163 Å². The average Bonchev–Trinajstić information content (AvgIpc) is 0.693. The largest absolute Gasteiger partial charge is 0.458 e. The Morgan fingerprint density at radius 2 is 0.529 bits per heavy atom. The Labute approximate surface area is 636 Å². The number of ether oxygens (including phenoxy) is 5. The van der Waals surface area contributed by atoms with Gasteiger partial charge in [-0.05, 0) is 400 Å². The molecule has 0 N–H and O–H groups in total. The molecule has 20 aliphatic rings. The van der Waals surface area contributed by atoms with Crippen LogP contribution in [0.2, 0.25) is 0 Å². The smallest absolute Gasteiger partial charge is 0.312 e. The van der Waals surface area contributed by atoms with Crippen LogP contribution < -0.4 is 0 Å². The van der Waals surface area contributed by atoms with Crippen LogP contribution in [0.3, 0.4) is 0 Å². The molecule has 0 aromatic heterocycles. The summed E-state index contributed by atoms with van der Waals surface area (Å²) in [5.41, 5.74) is -2.58. The van der Waals surface area contributed by atoms with E-state index in [4.69, 9.17) is 23.7 Å². The Hall–Kier alpha value is -2.65. The van der Waals surface area contributed by atoms with Gasteiger partial charge in [-0.25, -0.2) is 0 Å². The lowest BCUT2D eigenvalue weighted by Crippen LogP contribution is -2.66. The summed E-state index contributed by atoms with van der Waals surface area (Å²) in [7, 11) is 0. The van der Waals surface area contributed by atoms with Crippen LogP contribution in [0.5, 0.6) is 0 Å². The molecule has 10 nitrogen and oxygen atoms in total. The summed E-state index contributed by atoms with van der Waals surface area (Å²) in [5, 5.41) is 0. The van der Waals surface area contributed by atoms with Crippen molar-refractivity contribution in [3.8, 4) is 0 Å². The van der Waals surface area contributed by atoms with Crippen LogP contribution in [0, 0.1) is 163 Å². The minimum absolute atomic E-state index is 0.0185. The molecular formula is C94H158O10. The third-order valence-corrected chi connectivity index (χ3v) is 35.0. The molecule has 0 spiro atoms. The lowest BCUT2D eigenvalue weighted by atomic mass is 9.45. The highest BCUT2D eigenvalue weighted by molar-refractivity contribution is 5.78. The van der Waals surface area contributed by atoms with Crippen molar-refractivity contribution in [3.63, 3.8) is 0 Å². The normalized spacial score (nSPS) is 42.2. The maximum Gasteiger partial charge on any atom is 0.312 e. The fourth-order valence-electron chi connectivity index (χ4n) is 27.2. The Balaban J connectivity index is 0.000000130. The number of hydrogen-bond donors (Lipinski definition) is 0. The van der Waals surface area contributed by atoms with E-state index in [0.29, 0.717) is 71.0 Å². The maximum atomic E-state index is 12.9. The molecule has 594 valence electrons. The molecule has 1 atom stereocenters. The van der Waals surface area contributed by atoms with Crippen molar-refractivity contribution in [1.29, 1.82) is 0 Å². The molecule has 20 aliphatic carbocycles. The molecule has 0 amide bonds. The van der Waals surface area contributed by atoms with E-state index in [1.807, 2.05) is 69.2 Å². The number of carbonyl (C=O) groups excluding carboxylic acids is 5. The SMILES string of the molecule is CCC(C)(C)C(=O)OC1(C(C)(C)C)C2CC3CC(C2)CC1C3.CCC(C)(C)C(=O)OC1(C(C)C)C2CC3CC(C2)CC1C3.CCC(C)(C)C(=O)OC1(C)C2CC3CC(C2)CC1C3.CCC(C)(C)C(=O)OC1(CC)C2CC3CC(C2)CC1C3.CCC(C)C1(OC(=O)C(C)(C)CC)C2CC3CC(C2)CC1C3. The first-order chi connectivity index (χ1) is 48.5. The highest BCUT2D eigenvalue weighted by Crippen LogP contribution is 2.68. The molecular weight excluding hydrogens is 1290 g/mol. The van der Waals surface area contributed by atoms with Crippen LogP contribution in [-0.4, -0.2) is 57.9 Å². The van der Waals surface area contributed by atoms with Gasteiger partial charge in [-0.15, -0.1) is 0 Å². The van der Waals surface area contributed by atoms with Crippen molar-refractivity contribution in [3.05, 3.63) is 0 Å². The summed E-state index contributed by atoms with van der Waals surface area (Å²) in [4.78, 5) is 63.7. The van der Waals surface area contributed by atoms with Gasteiger partial charge >= 0.3 is 29.8 Å². The Kier molecular flexibility index (Phi) is 23.8. The summed E-state index contributed by atoms with van der Waals surface area (Å²) in [5.74, 6) is 16.4. The molecule has 0 saturated heterocycles. The highest BCUT2D eigenvalue weighted by atomic mass is 16.6. The molecule has 104 heavy (non-hydrogen) atoms. The van der Waals surface area contributed by atoms with Gasteiger partial charge in [0, 0.05) is 17.3 Å². The fourth-order valence-corrected chi connectivity index (χ4v) is 27.2. The minimum Gasteiger partial charge on any atom is -0.458 e. The van der Waals surface area contributed by atoms with Gasteiger partial charge in [0.05, 0.1) is 27.1 Å². The lowest BCUT2D eigenvalue weighted by molar-refractivity contribution is -0.250. The van der Waals surface area contributed by atoms with Gasteiger partial charge in [0.1, 0.15) is 28.0 Å². The van der Waals surface area contributed by atoms with Gasteiger partial charge in [0.2, 0.25) is 0 Å². The summed E-state index contributed by atoms with van der Waals surface area (Å²) < 4.78 is 31.8. The van der Waals surface area contributed by atoms with Crippen molar-refractivity contribution < 1.29 is 47.7 Å². The predicted molar refractivity (Wildman–Crippen MR) is 419 cm³/mol. The van der Waals surface area contributed by atoms with E-state index in [-0.39, 0.29) is 90.3 Å². The molecule has 0 aromatic carbocycles. The fraction of sp³-hybridized carbons (Fsp3) is 0.947. The number of carbonyl (C=O) groups is 5. The zero-order valence-corrected chi connectivity index (χ0v) is 71.4. The van der Waals surface area contributed by atoms with E-state index in [0.717, 1.165) is 104 Å². The van der Waals surface area contributed by atoms with Crippen LogP contribution in [0.1, 0.15) is 372 Å². The summed E-state index contributed by atoms with van der Waals surface area (Å²) in [6.07, 6.45) is 39.5. The first-order valence-electron chi connectivity index (χ1n) is 44.6. The Bertz CT molecular complexity index is 2880. The van der Waals surface area contributed by atoms with Gasteiger partial charge in [-0.1, -0.05) is 90.0 Å².